The van der Waals surface area contributed by atoms with E-state index in [1.54, 1.807) is 25.1 Å². The molecule has 130 valence electrons. The van der Waals surface area contributed by atoms with E-state index in [-0.39, 0.29) is 11.5 Å². The van der Waals surface area contributed by atoms with Crippen molar-refractivity contribution in [3.8, 4) is 0 Å². The van der Waals surface area contributed by atoms with Gasteiger partial charge in [0.15, 0.2) is 17.6 Å². The number of carbonyl (C=O) groups excluding carboxylic acids is 2. The molecule has 2 aromatic heterocycles. The molecule has 8 nitrogen and oxygen atoms in total. The van der Waals surface area contributed by atoms with Crippen LogP contribution < -0.4 is 5.32 Å². The molecule has 0 saturated heterocycles. The second kappa shape index (κ2) is 7.16. The zero-order chi connectivity index (χ0) is 17.8. The average molecular weight is 342 g/mol. The standard InChI is InChI=1S/C17H18N4O4/c1-3-6-13(16(22)18-14-9-10(2)25-21-14)24-17(23)15-11-7-4-5-8-12(11)19-20-15/h4-5,7-9,13H,3,6H2,1-2H3,(H,19,20)(H,18,21,22)/t13-/m0/s1. The molecule has 0 aliphatic heterocycles. The third-order valence-electron chi connectivity index (χ3n) is 3.64. The fraction of sp³-hybridized carbons (Fsp3) is 0.294. The molecule has 2 N–H and O–H groups in total. The predicted molar refractivity (Wildman–Crippen MR) is 90.1 cm³/mol. The number of ether oxygens (including phenoxy) is 1. The van der Waals surface area contributed by atoms with Gasteiger partial charge in [-0.15, -0.1) is 0 Å². The maximum atomic E-state index is 12.4. The number of para-hydroxylation sites is 1. The van der Waals surface area contributed by atoms with Gasteiger partial charge < -0.3 is 14.6 Å². The van der Waals surface area contributed by atoms with Crippen LogP contribution in [0.15, 0.2) is 34.9 Å². The van der Waals surface area contributed by atoms with E-state index in [0.717, 1.165) is 5.52 Å². The van der Waals surface area contributed by atoms with Gasteiger partial charge in [-0.2, -0.15) is 5.10 Å². The van der Waals surface area contributed by atoms with Crippen LogP contribution in [-0.2, 0) is 9.53 Å². The molecule has 0 aliphatic rings. The first-order valence-corrected chi connectivity index (χ1v) is 7.96. The number of aryl methyl sites for hydroxylation is 1. The molecule has 1 atom stereocenters. The summed E-state index contributed by atoms with van der Waals surface area (Å²) in [6.45, 7) is 3.62. The van der Waals surface area contributed by atoms with Crippen LogP contribution in [0.4, 0.5) is 5.82 Å². The summed E-state index contributed by atoms with van der Waals surface area (Å²) in [4.78, 5) is 24.8. The Balaban J connectivity index is 1.74. The number of hydrogen-bond donors (Lipinski definition) is 2. The fourth-order valence-electron chi connectivity index (χ4n) is 2.44. The van der Waals surface area contributed by atoms with E-state index < -0.39 is 18.0 Å². The molecular formula is C17H18N4O4. The van der Waals surface area contributed by atoms with Crippen molar-refractivity contribution in [2.45, 2.75) is 32.8 Å². The number of nitrogens with one attached hydrogen (secondary N) is 2. The van der Waals surface area contributed by atoms with E-state index in [4.69, 9.17) is 9.26 Å². The van der Waals surface area contributed by atoms with Crippen LogP contribution in [0.25, 0.3) is 10.9 Å². The molecule has 3 rings (SSSR count). The summed E-state index contributed by atoms with van der Waals surface area (Å²) in [5, 5.41) is 13.7. The summed E-state index contributed by atoms with van der Waals surface area (Å²) in [5.74, 6) is -0.252. The number of hydrogen-bond acceptors (Lipinski definition) is 6. The molecular weight excluding hydrogens is 324 g/mol. The van der Waals surface area contributed by atoms with E-state index in [2.05, 4.69) is 20.7 Å². The van der Waals surface area contributed by atoms with Gasteiger partial charge in [-0.05, 0) is 19.4 Å². The van der Waals surface area contributed by atoms with Crippen molar-refractivity contribution in [2.24, 2.45) is 0 Å². The Morgan fingerprint density at radius 1 is 1.36 bits per heavy atom. The summed E-state index contributed by atoms with van der Waals surface area (Å²) >= 11 is 0. The first kappa shape index (κ1) is 16.7. The minimum absolute atomic E-state index is 0.154. The SMILES string of the molecule is CCC[C@H](OC(=O)c1n[nH]c2ccccc12)C(=O)Nc1cc(C)on1. The Bertz CT molecular complexity index is 899. The Kier molecular flexibility index (Phi) is 4.78. The number of fused-ring (bicyclic) bond motifs is 1. The van der Waals surface area contributed by atoms with Gasteiger partial charge in [0, 0.05) is 11.5 Å². The first-order valence-electron chi connectivity index (χ1n) is 7.96. The van der Waals surface area contributed by atoms with E-state index in [9.17, 15) is 9.59 Å². The van der Waals surface area contributed by atoms with Crippen LogP contribution in [0.5, 0.6) is 0 Å². The summed E-state index contributed by atoms with van der Waals surface area (Å²) in [6, 6.07) is 8.80. The lowest BCUT2D eigenvalue weighted by atomic mass is 10.2. The average Bonchev–Trinajstić information content (AvgIpc) is 3.20. The minimum Gasteiger partial charge on any atom is -0.447 e. The monoisotopic (exact) mass is 342 g/mol. The molecule has 1 amide bonds. The number of aromatic amines is 1. The summed E-state index contributed by atoms with van der Waals surface area (Å²) in [6.07, 6.45) is 0.117. The van der Waals surface area contributed by atoms with E-state index in [1.807, 2.05) is 19.1 Å². The quantitative estimate of drug-likeness (QED) is 0.667. The van der Waals surface area contributed by atoms with Gasteiger partial charge in [0.25, 0.3) is 5.91 Å². The molecule has 0 spiro atoms. The van der Waals surface area contributed by atoms with Gasteiger partial charge in [-0.25, -0.2) is 4.79 Å². The Morgan fingerprint density at radius 3 is 2.88 bits per heavy atom. The van der Waals surface area contributed by atoms with Gasteiger partial charge >= 0.3 is 5.97 Å². The van der Waals surface area contributed by atoms with Crippen molar-refractivity contribution in [3.05, 3.63) is 41.8 Å². The molecule has 1 aromatic carbocycles. The summed E-state index contributed by atoms with van der Waals surface area (Å²) < 4.78 is 10.3. The molecule has 8 heteroatoms. The number of benzene rings is 1. The largest absolute Gasteiger partial charge is 0.447 e. The highest BCUT2D eigenvalue weighted by molar-refractivity contribution is 6.03. The van der Waals surface area contributed by atoms with Crippen LogP contribution in [0, 0.1) is 6.92 Å². The molecule has 0 radical (unpaired) electrons. The van der Waals surface area contributed by atoms with Crippen LogP contribution in [0.3, 0.4) is 0 Å². The van der Waals surface area contributed by atoms with Gasteiger partial charge in [0.1, 0.15) is 5.76 Å². The Morgan fingerprint density at radius 2 is 2.16 bits per heavy atom. The van der Waals surface area contributed by atoms with Gasteiger partial charge in [-0.3, -0.25) is 9.89 Å². The van der Waals surface area contributed by atoms with Crippen LogP contribution in [0.2, 0.25) is 0 Å². The number of rotatable bonds is 6. The van der Waals surface area contributed by atoms with Crippen molar-refractivity contribution in [1.29, 1.82) is 0 Å². The van der Waals surface area contributed by atoms with E-state index >= 15 is 0 Å². The molecule has 0 unspecified atom stereocenters. The fourth-order valence-corrected chi connectivity index (χ4v) is 2.44. The third kappa shape index (κ3) is 3.68. The van der Waals surface area contributed by atoms with Crippen LogP contribution in [-0.4, -0.2) is 33.3 Å². The number of aromatic nitrogens is 3. The third-order valence-corrected chi connectivity index (χ3v) is 3.64. The lowest BCUT2D eigenvalue weighted by Gasteiger charge is -2.15. The van der Waals surface area contributed by atoms with Crippen molar-refractivity contribution in [3.63, 3.8) is 0 Å². The molecule has 0 bridgehead atoms. The minimum atomic E-state index is -0.940. The highest BCUT2D eigenvalue weighted by Crippen LogP contribution is 2.18. The van der Waals surface area contributed by atoms with Gasteiger partial charge in [0.05, 0.1) is 5.52 Å². The normalized spacial score (nSPS) is 12.1. The van der Waals surface area contributed by atoms with E-state index in [0.29, 0.717) is 24.0 Å². The molecule has 2 heterocycles. The molecule has 0 aliphatic carbocycles. The molecule has 3 aromatic rings. The van der Waals surface area contributed by atoms with Crippen molar-refractivity contribution >= 4 is 28.6 Å². The second-order valence-corrected chi connectivity index (χ2v) is 5.61. The number of anilines is 1. The van der Waals surface area contributed by atoms with Gasteiger partial charge in [0.2, 0.25) is 0 Å². The maximum absolute atomic E-state index is 12.4. The van der Waals surface area contributed by atoms with Crippen molar-refractivity contribution < 1.29 is 18.8 Å². The van der Waals surface area contributed by atoms with Crippen LogP contribution >= 0.6 is 0 Å². The Hall–Kier alpha value is -3.16. The number of H-pyrrole nitrogens is 1. The first-order chi connectivity index (χ1) is 12.1. The maximum Gasteiger partial charge on any atom is 0.360 e. The zero-order valence-electron chi connectivity index (χ0n) is 13.9. The number of carbonyl (C=O) groups is 2. The smallest absolute Gasteiger partial charge is 0.360 e. The number of nitrogens with zero attached hydrogens (tertiary/aromatic N) is 2. The lowest BCUT2D eigenvalue weighted by molar-refractivity contribution is -0.125. The van der Waals surface area contributed by atoms with Crippen LogP contribution in [0.1, 0.15) is 36.0 Å². The number of esters is 1. The predicted octanol–water partition coefficient (Wildman–Crippen LogP) is 2.82. The summed E-state index contributed by atoms with van der Waals surface area (Å²) in [7, 11) is 0. The Labute approximate surface area is 143 Å². The molecule has 0 saturated carbocycles. The van der Waals surface area contributed by atoms with Crippen molar-refractivity contribution in [2.75, 3.05) is 5.32 Å². The van der Waals surface area contributed by atoms with Gasteiger partial charge in [-0.1, -0.05) is 36.7 Å². The summed E-state index contributed by atoms with van der Waals surface area (Å²) in [5.41, 5.74) is 0.880. The lowest BCUT2D eigenvalue weighted by Crippen LogP contribution is -2.32. The zero-order valence-corrected chi connectivity index (χ0v) is 13.9. The molecule has 25 heavy (non-hydrogen) atoms. The van der Waals surface area contributed by atoms with E-state index in [1.165, 1.54) is 0 Å². The number of amides is 1. The second-order valence-electron chi connectivity index (χ2n) is 5.61. The highest BCUT2D eigenvalue weighted by atomic mass is 16.5. The van der Waals surface area contributed by atoms with Crippen molar-refractivity contribution in [1.82, 2.24) is 15.4 Å². The highest BCUT2D eigenvalue weighted by Gasteiger charge is 2.26. The topological polar surface area (TPSA) is 110 Å². The molecule has 0 fully saturated rings.